The molecule has 0 spiro atoms. The normalized spacial score (nSPS) is 12.2. The number of ether oxygens (including phenoxy) is 1. The van der Waals surface area contributed by atoms with Crippen LogP contribution in [-0.2, 0) is 16.1 Å². The third-order valence-corrected chi connectivity index (χ3v) is 2.91. The Hall–Kier alpha value is -1.95. The number of aromatic nitrogens is 3. The zero-order valence-corrected chi connectivity index (χ0v) is 13.2. The van der Waals surface area contributed by atoms with Gasteiger partial charge in [0.2, 0.25) is 0 Å². The fourth-order valence-corrected chi connectivity index (χ4v) is 2.22. The second-order valence-corrected chi connectivity index (χ2v) is 5.91. The summed E-state index contributed by atoms with van der Waals surface area (Å²) >= 11 is 6.11. The summed E-state index contributed by atoms with van der Waals surface area (Å²) in [5.41, 5.74) is 0.817. The third-order valence-electron chi connectivity index (χ3n) is 2.62. The molecule has 0 N–H and O–H groups in total. The Labute approximate surface area is 127 Å². The molecule has 0 amide bonds. The van der Waals surface area contributed by atoms with Crippen LogP contribution in [0.5, 0.6) is 0 Å². The van der Waals surface area contributed by atoms with Gasteiger partial charge < -0.3 is 9.30 Å². The van der Waals surface area contributed by atoms with Crippen LogP contribution in [0.2, 0.25) is 5.15 Å². The lowest BCUT2D eigenvalue weighted by atomic mass is 10.2. The van der Waals surface area contributed by atoms with Crippen molar-refractivity contribution in [1.82, 2.24) is 14.5 Å². The largest absolute Gasteiger partial charge is 0.459 e. The highest BCUT2D eigenvalue weighted by Crippen LogP contribution is 2.24. The van der Waals surface area contributed by atoms with Gasteiger partial charge in [-0.25, -0.2) is 9.97 Å². The molecule has 0 aliphatic heterocycles. The molecule has 21 heavy (non-hydrogen) atoms. The Balaban J connectivity index is 2.41. The number of rotatable bonds is 3. The minimum atomic E-state index is -0.527. The van der Waals surface area contributed by atoms with E-state index >= 15 is 0 Å². The van der Waals surface area contributed by atoms with Crippen molar-refractivity contribution >= 4 is 34.8 Å². The Morgan fingerprint density at radius 3 is 2.81 bits per heavy atom. The van der Waals surface area contributed by atoms with Crippen LogP contribution in [0.1, 0.15) is 26.3 Å². The topological polar surface area (TPSA) is 69.4 Å². The summed E-state index contributed by atoms with van der Waals surface area (Å²) in [6.07, 6.45) is 4.79. The van der Waals surface area contributed by atoms with Crippen LogP contribution in [0, 0.1) is 0 Å². The van der Waals surface area contributed by atoms with E-state index in [9.17, 15) is 4.79 Å². The van der Waals surface area contributed by atoms with E-state index in [0.717, 1.165) is 5.56 Å². The number of nitrogens with zero attached hydrogens (tertiary/aromatic N) is 4. The van der Waals surface area contributed by atoms with Crippen molar-refractivity contribution in [2.45, 2.75) is 32.9 Å². The molecule has 6 nitrogen and oxygen atoms in total. The number of carbonyl (C=O) groups excluding carboxylic acids is 1. The first-order valence-corrected chi connectivity index (χ1v) is 6.83. The molecular weight excluding hydrogens is 292 g/mol. The van der Waals surface area contributed by atoms with Crippen molar-refractivity contribution in [1.29, 1.82) is 0 Å². The number of halogens is 1. The number of fused-ring (bicyclic) bond motifs is 1. The molecule has 0 aliphatic carbocycles. The van der Waals surface area contributed by atoms with E-state index in [1.807, 2.05) is 20.8 Å². The molecule has 0 bridgehead atoms. The molecule has 2 aromatic rings. The van der Waals surface area contributed by atoms with Crippen LogP contribution in [0.4, 0.5) is 0 Å². The van der Waals surface area contributed by atoms with Gasteiger partial charge in [0.05, 0.1) is 5.39 Å². The van der Waals surface area contributed by atoms with Gasteiger partial charge in [-0.3, -0.25) is 9.79 Å². The molecular formula is C14H17ClN4O2. The molecule has 2 rings (SSSR count). The van der Waals surface area contributed by atoms with Gasteiger partial charge in [0.25, 0.3) is 0 Å². The highest BCUT2D eigenvalue weighted by Gasteiger charge is 2.19. The number of hydrogen-bond donors (Lipinski definition) is 0. The van der Waals surface area contributed by atoms with Gasteiger partial charge in [0, 0.05) is 25.0 Å². The predicted octanol–water partition coefficient (Wildman–Crippen LogP) is 2.48. The fraction of sp³-hybridized carbons (Fsp3) is 0.429. The average molecular weight is 309 g/mol. The summed E-state index contributed by atoms with van der Waals surface area (Å²) in [5, 5.41) is 1.01. The lowest BCUT2D eigenvalue weighted by Gasteiger charge is -2.19. The second kappa shape index (κ2) is 5.81. The minimum Gasteiger partial charge on any atom is -0.459 e. The van der Waals surface area contributed by atoms with E-state index < -0.39 is 5.60 Å². The first-order chi connectivity index (χ1) is 9.81. The van der Waals surface area contributed by atoms with Crippen molar-refractivity contribution < 1.29 is 9.53 Å². The maximum atomic E-state index is 12.0. The van der Waals surface area contributed by atoms with Gasteiger partial charge in [-0.05, 0) is 20.8 Å². The van der Waals surface area contributed by atoms with Crippen LogP contribution in [0.3, 0.4) is 0 Å². The molecule has 0 fully saturated rings. The van der Waals surface area contributed by atoms with Crippen molar-refractivity contribution in [3.05, 3.63) is 23.2 Å². The monoisotopic (exact) mass is 308 g/mol. The summed E-state index contributed by atoms with van der Waals surface area (Å²) in [5.74, 6) is -0.339. The van der Waals surface area contributed by atoms with E-state index in [4.69, 9.17) is 16.3 Å². The first-order valence-electron chi connectivity index (χ1n) is 6.45. The zero-order chi connectivity index (χ0) is 15.6. The Morgan fingerprint density at radius 2 is 2.19 bits per heavy atom. The summed E-state index contributed by atoms with van der Waals surface area (Å²) in [4.78, 5) is 24.1. The summed E-state index contributed by atoms with van der Waals surface area (Å²) in [6.45, 7) is 5.53. The second-order valence-electron chi connectivity index (χ2n) is 5.55. The van der Waals surface area contributed by atoms with E-state index in [2.05, 4.69) is 15.0 Å². The molecule has 2 heterocycles. The van der Waals surface area contributed by atoms with Gasteiger partial charge >= 0.3 is 5.97 Å². The van der Waals surface area contributed by atoms with Gasteiger partial charge in [-0.15, -0.1) is 0 Å². The molecule has 0 radical (unpaired) electrons. The molecule has 0 saturated heterocycles. The lowest BCUT2D eigenvalue weighted by Crippen LogP contribution is -2.26. The minimum absolute atomic E-state index is 0.0542. The Kier molecular flexibility index (Phi) is 4.27. The fourth-order valence-electron chi connectivity index (χ4n) is 1.99. The van der Waals surface area contributed by atoms with Crippen LogP contribution >= 0.6 is 11.6 Å². The predicted molar refractivity (Wildman–Crippen MR) is 81.9 cm³/mol. The standard InChI is InChI=1S/C14H17ClN4O2/c1-14(2,3)21-10(20)7-19-6-9(5-16-4)11-12(15)17-8-18-13(11)19/h5-6,8H,7H2,1-4H3. The van der Waals surface area contributed by atoms with Crippen LogP contribution in [0.15, 0.2) is 17.5 Å². The van der Waals surface area contributed by atoms with E-state index in [-0.39, 0.29) is 12.5 Å². The summed E-state index contributed by atoms with van der Waals surface area (Å²) < 4.78 is 7.01. The van der Waals surface area contributed by atoms with Gasteiger partial charge in [-0.2, -0.15) is 0 Å². The van der Waals surface area contributed by atoms with Crippen molar-refractivity contribution in [2.24, 2.45) is 4.99 Å². The first kappa shape index (κ1) is 15.4. The van der Waals surface area contributed by atoms with Crippen molar-refractivity contribution in [3.8, 4) is 0 Å². The SMILES string of the molecule is CN=Cc1cn(CC(=O)OC(C)(C)C)c2ncnc(Cl)c12. The molecule has 0 saturated carbocycles. The number of esters is 1. The molecule has 2 aromatic heterocycles. The Bertz CT molecular complexity index is 701. The maximum absolute atomic E-state index is 12.0. The van der Waals surface area contributed by atoms with Crippen LogP contribution in [-0.4, -0.2) is 39.4 Å². The highest BCUT2D eigenvalue weighted by atomic mass is 35.5. The number of hydrogen-bond acceptors (Lipinski definition) is 5. The van der Waals surface area contributed by atoms with Gasteiger partial charge in [0.15, 0.2) is 0 Å². The van der Waals surface area contributed by atoms with Crippen molar-refractivity contribution in [2.75, 3.05) is 7.05 Å². The maximum Gasteiger partial charge on any atom is 0.326 e. The van der Waals surface area contributed by atoms with E-state index in [1.54, 1.807) is 24.0 Å². The van der Waals surface area contributed by atoms with E-state index in [1.165, 1.54) is 6.33 Å². The van der Waals surface area contributed by atoms with Crippen LogP contribution in [0.25, 0.3) is 11.0 Å². The third kappa shape index (κ3) is 3.58. The average Bonchev–Trinajstić information content (AvgIpc) is 2.67. The lowest BCUT2D eigenvalue weighted by molar-refractivity contribution is -0.155. The summed E-state index contributed by atoms with van der Waals surface area (Å²) in [7, 11) is 1.66. The Morgan fingerprint density at radius 1 is 1.48 bits per heavy atom. The van der Waals surface area contributed by atoms with Crippen LogP contribution < -0.4 is 0 Å². The molecule has 0 aromatic carbocycles. The molecule has 0 unspecified atom stereocenters. The van der Waals surface area contributed by atoms with E-state index in [0.29, 0.717) is 16.2 Å². The quantitative estimate of drug-likeness (QED) is 0.496. The highest BCUT2D eigenvalue weighted by molar-refractivity contribution is 6.35. The molecule has 0 atom stereocenters. The zero-order valence-electron chi connectivity index (χ0n) is 12.4. The molecule has 112 valence electrons. The molecule has 0 aliphatic rings. The number of carbonyl (C=O) groups is 1. The smallest absolute Gasteiger partial charge is 0.326 e. The van der Waals surface area contributed by atoms with Crippen molar-refractivity contribution in [3.63, 3.8) is 0 Å². The number of aliphatic imine (C=N–C) groups is 1. The summed E-state index contributed by atoms with van der Waals surface area (Å²) in [6, 6.07) is 0. The van der Waals surface area contributed by atoms with Gasteiger partial charge in [0.1, 0.15) is 29.3 Å². The van der Waals surface area contributed by atoms with Gasteiger partial charge in [-0.1, -0.05) is 11.6 Å². The molecule has 7 heteroatoms.